The van der Waals surface area contributed by atoms with Crippen LogP contribution in [0.15, 0.2) is 36.5 Å². The van der Waals surface area contributed by atoms with Gasteiger partial charge < -0.3 is 10.0 Å². The molecule has 4 aliphatic rings. The van der Waals surface area contributed by atoms with E-state index in [9.17, 15) is 9.90 Å². The summed E-state index contributed by atoms with van der Waals surface area (Å²) in [4.78, 5) is 23.2. The maximum atomic E-state index is 13.9. The molecule has 5 heteroatoms. The van der Waals surface area contributed by atoms with Gasteiger partial charge in [-0.25, -0.2) is 0 Å². The molecule has 0 saturated heterocycles. The van der Waals surface area contributed by atoms with Crippen LogP contribution in [0.3, 0.4) is 0 Å². The van der Waals surface area contributed by atoms with E-state index in [4.69, 9.17) is 4.98 Å². The standard InChI is InChI=1S/C33H45N3O2/c37-29(22-35-17-14-26-12-6-7-13-27(26)21-35)23-36-24-33(15-8-1-2-9-16-33)31-20-34-28(19-30(31)32(36)38)18-25-10-4-3-5-11-25/h6-7,12-13,19-20,25,29,37H,1-5,8-11,14-18,21-24H2. The maximum Gasteiger partial charge on any atom is 0.254 e. The van der Waals surface area contributed by atoms with Crippen molar-refractivity contribution in [3.05, 3.63) is 64.5 Å². The molecule has 204 valence electrons. The summed E-state index contributed by atoms with van der Waals surface area (Å²) in [6.07, 6.45) is 17.3. The van der Waals surface area contributed by atoms with E-state index < -0.39 is 6.10 Å². The lowest BCUT2D eigenvalue weighted by molar-refractivity contribution is 0.0395. The smallest absolute Gasteiger partial charge is 0.254 e. The summed E-state index contributed by atoms with van der Waals surface area (Å²) < 4.78 is 0. The van der Waals surface area contributed by atoms with Crippen LogP contribution in [0.4, 0.5) is 0 Å². The number of carbonyl (C=O) groups excluding carboxylic acids is 1. The minimum Gasteiger partial charge on any atom is -0.390 e. The number of aliphatic hydroxyl groups excluding tert-OH is 1. The van der Waals surface area contributed by atoms with Crippen LogP contribution in [-0.4, -0.2) is 58.1 Å². The summed E-state index contributed by atoms with van der Waals surface area (Å²) in [6.45, 7) is 3.59. The van der Waals surface area contributed by atoms with Crippen LogP contribution in [0.2, 0.25) is 0 Å². The third-order valence-corrected chi connectivity index (χ3v) is 9.94. The fourth-order valence-electron chi connectivity index (χ4n) is 7.89. The summed E-state index contributed by atoms with van der Waals surface area (Å²) in [5.41, 5.74) is 5.92. The van der Waals surface area contributed by atoms with Crippen LogP contribution in [-0.2, 0) is 24.8 Å². The van der Waals surface area contributed by atoms with E-state index in [1.165, 1.54) is 74.5 Å². The molecule has 1 aromatic carbocycles. The second-order valence-electron chi connectivity index (χ2n) is 12.7. The molecule has 2 fully saturated rings. The van der Waals surface area contributed by atoms with Gasteiger partial charge in [0.25, 0.3) is 5.91 Å². The van der Waals surface area contributed by atoms with Crippen molar-refractivity contribution in [2.75, 3.05) is 26.2 Å². The predicted molar refractivity (Wildman–Crippen MR) is 151 cm³/mol. The molecule has 3 heterocycles. The number of nitrogens with zero attached hydrogens (tertiary/aromatic N) is 3. The van der Waals surface area contributed by atoms with Crippen molar-refractivity contribution in [2.24, 2.45) is 5.92 Å². The normalized spacial score (nSPS) is 23.1. The Morgan fingerprint density at radius 1 is 0.974 bits per heavy atom. The van der Waals surface area contributed by atoms with Gasteiger partial charge >= 0.3 is 0 Å². The first kappa shape index (κ1) is 26.0. The number of pyridine rings is 1. The van der Waals surface area contributed by atoms with Gasteiger partial charge in [0.1, 0.15) is 0 Å². The second-order valence-corrected chi connectivity index (χ2v) is 12.7. The van der Waals surface area contributed by atoms with Gasteiger partial charge in [-0.3, -0.25) is 14.7 Å². The van der Waals surface area contributed by atoms with E-state index in [-0.39, 0.29) is 11.3 Å². The predicted octanol–water partition coefficient (Wildman–Crippen LogP) is 5.67. The Labute approximate surface area is 228 Å². The molecule has 1 amide bonds. The molecule has 6 rings (SSSR count). The van der Waals surface area contributed by atoms with Gasteiger partial charge in [-0.2, -0.15) is 0 Å². The number of amides is 1. The van der Waals surface area contributed by atoms with Crippen LogP contribution < -0.4 is 0 Å². The first-order valence-corrected chi connectivity index (χ1v) is 15.4. The van der Waals surface area contributed by atoms with E-state index in [0.29, 0.717) is 19.0 Å². The molecular formula is C33H45N3O2. The molecule has 38 heavy (non-hydrogen) atoms. The number of hydrogen-bond acceptors (Lipinski definition) is 4. The fraction of sp³-hybridized carbons (Fsp3) is 0.636. The molecule has 1 N–H and O–H groups in total. The summed E-state index contributed by atoms with van der Waals surface area (Å²) in [5.74, 6) is 0.803. The fourth-order valence-corrected chi connectivity index (χ4v) is 7.89. The van der Waals surface area contributed by atoms with Crippen LogP contribution >= 0.6 is 0 Å². The monoisotopic (exact) mass is 515 g/mol. The zero-order chi connectivity index (χ0) is 26.0. The van der Waals surface area contributed by atoms with Crippen molar-refractivity contribution in [2.45, 2.75) is 102 Å². The van der Waals surface area contributed by atoms with Crippen LogP contribution in [0, 0.1) is 5.92 Å². The molecule has 2 aliphatic carbocycles. The van der Waals surface area contributed by atoms with Gasteiger partial charge in [-0.15, -0.1) is 0 Å². The molecule has 2 saturated carbocycles. The highest BCUT2D eigenvalue weighted by molar-refractivity contribution is 5.97. The number of benzene rings is 1. The SMILES string of the molecule is O=C1c2cc(CC3CCCCC3)ncc2C2(CCCCCC2)CN1CC(O)CN1CCc2ccccc2C1. The van der Waals surface area contributed by atoms with Crippen molar-refractivity contribution in [1.29, 1.82) is 0 Å². The van der Waals surface area contributed by atoms with Crippen LogP contribution in [0.25, 0.3) is 0 Å². The first-order chi connectivity index (χ1) is 18.6. The Morgan fingerprint density at radius 3 is 2.50 bits per heavy atom. The number of fused-ring (bicyclic) bond motifs is 3. The summed E-state index contributed by atoms with van der Waals surface area (Å²) in [6, 6.07) is 10.8. The zero-order valence-corrected chi connectivity index (χ0v) is 23.0. The van der Waals surface area contributed by atoms with Crippen molar-refractivity contribution in [3.63, 3.8) is 0 Å². The Balaban J connectivity index is 1.20. The zero-order valence-electron chi connectivity index (χ0n) is 23.0. The Hall–Kier alpha value is -2.24. The number of aliphatic hydroxyl groups is 1. The molecule has 1 atom stereocenters. The highest BCUT2D eigenvalue weighted by Gasteiger charge is 2.44. The Bertz CT molecular complexity index is 1120. The molecule has 2 aliphatic heterocycles. The lowest BCUT2D eigenvalue weighted by Crippen LogP contribution is -2.53. The molecule has 0 radical (unpaired) electrons. The average Bonchev–Trinajstić information content (AvgIpc) is 3.18. The molecular weight excluding hydrogens is 470 g/mol. The average molecular weight is 516 g/mol. The maximum absolute atomic E-state index is 13.9. The highest BCUT2D eigenvalue weighted by atomic mass is 16.3. The molecule has 1 spiro atoms. The molecule has 0 bridgehead atoms. The third kappa shape index (κ3) is 5.56. The number of hydrogen-bond donors (Lipinski definition) is 1. The Morgan fingerprint density at radius 2 is 1.71 bits per heavy atom. The van der Waals surface area contributed by atoms with Gasteiger partial charge in [0, 0.05) is 55.6 Å². The highest BCUT2D eigenvalue weighted by Crippen LogP contribution is 2.44. The van der Waals surface area contributed by atoms with Crippen molar-refractivity contribution < 1.29 is 9.90 Å². The topological polar surface area (TPSA) is 56.7 Å². The molecule has 1 aromatic heterocycles. The van der Waals surface area contributed by atoms with Gasteiger partial charge in [0.15, 0.2) is 0 Å². The largest absolute Gasteiger partial charge is 0.390 e. The lowest BCUT2D eigenvalue weighted by Gasteiger charge is -2.44. The van der Waals surface area contributed by atoms with E-state index in [2.05, 4.69) is 41.4 Å². The van der Waals surface area contributed by atoms with Crippen molar-refractivity contribution in [3.8, 4) is 0 Å². The quantitative estimate of drug-likeness (QED) is 0.538. The van der Waals surface area contributed by atoms with Crippen molar-refractivity contribution >= 4 is 5.91 Å². The van der Waals surface area contributed by atoms with E-state index in [0.717, 1.165) is 56.6 Å². The van der Waals surface area contributed by atoms with Crippen LogP contribution in [0.5, 0.6) is 0 Å². The lowest BCUT2D eigenvalue weighted by atomic mass is 9.70. The van der Waals surface area contributed by atoms with Gasteiger partial charge in [0.05, 0.1) is 6.10 Å². The van der Waals surface area contributed by atoms with Crippen molar-refractivity contribution in [1.82, 2.24) is 14.8 Å². The molecule has 2 aromatic rings. The second kappa shape index (κ2) is 11.5. The minimum absolute atomic E-state index is 0.0140. The first-order valence-electron chi connectivity index (χ1n) is 15.4. The number of rotatable bonds is 6. The summed E-state index contributed by atoms with van der Waals surface area (Å²) in [5, 5.41) is 11.2. The van der Waals surface area contributed by atoms with Gasteiger partial charge in [-0.1, -0.05) is 82.1 Å². The summed E-state index contributed by atoms with van der Waals surface area (Å²) >= 11 is 0. The number of β-amino-alcohol motifs (C(OH)–C–C–N with tert-alkyl or cyclic N) is 1. The molecule has 5 nitrogen and oxygen atoms in total. The van der Waals surface area contributed by atoms with Gasteiger partial charge in [-0.05, 0) is 54.4 Å². The summed E-state index contributed by atoms with van der Waals surface area (Å²) in [7, 11) is 0. The third-order valence-electron chi connectivity index (χ3n) is 9.94. The van der Waals surface area contributed by atoms with Crippen LogP contribution in [0.1, 0.15) is 103 Å². The Kier molecular flexibility index (Phi) is 7.85. The minimum atomic E-state index is -0.544. The van der Waals surface area contributed by atoms with E-state index >= 15 is 0 Å². The van der Waals surface area contributed by atoms with E-state index in [1.54, 1.807) is 0 Å². The number of aromatic nitrogens is 1. The van der Waals surface area contributed by atoms with E-state index in [1.807, 2.05) is 4.90 Å². The molecule has 1 unspecified atom stereocenters. The number of carbonyl (C=O) groups is 1. The van der Waals surface area contributed by atoms with Gasteiger partial charge in [0.2, 0.25) is 0 Å².